The van der Waals surface area contributed by atoms with Crippen LogP contribution in [0.3, 0.4) is 0 Å². The van der Waals surface area contributed by atoms with Crippen molar-refractivity contribution in [3.05, 3.63) is 36.2 Å². The molecule has 1 aromatic carbocycles. The highest BCUT2D eigenvalue weighted by atomic mass is 32.2. The van der Waals surface area contributed by atoms with Crippen molar-refractivity contribution < 1.29 is 4.79 Å². The van der Waals surface area contributed by atoms with Crippen LogP contribution in [0.5, 0.6) is 0 Å². The minimum atomic E-state index is -0.0603. The van der Waals surface area contributed by atoms with Crippen LogP contribution in [0.4, 0.5) is 5.69 Å². The number of aryl methyl sites for hydroxylation is 1. The van der Waals surface area contributed by atoms with E-state index in [-0.39, 0.29) is 11.4 Å². The van der Waals surface area contributed by atoms with Gasteiger partial charge in [0.1, 0.15) is 6.33 Å². The van der Waals surface area contributed by atoms with Crippen LogP contribution in [0.2, 0.25) is 0 Å². The lowest BCUT2D eigenvalue weighted by atomic mass is 10.1. The first-order valence-electron chi connectivity index (χ1n) is 7.27. The molecule has 6 heteroatoms. The SMILES string of the molecule is Cc1ccccc1NC(=O)CCSc1nncn1C(C)(C)C. The fraction of sp³-hybridized carbons (Fsp3) is 0.438. The van der Waals surface area contributed by atoms with E-state index >= 15 is 0 Å². The third kappa shape index (κ3) is 4.34. The number of rotatable bonds is 5. The van der Waals surface area contributed by atoms with E-state index in [1.165, 1.54) is 0 Å². The van der Waals surface area contributed by atoms with Crippen LogP contribution in [0.15, 0.2) is 35.7 Å². The molecule has 0 unspecified atom stereocenters. The molecule has 2 rings (SSSR count). The van der Waals surface area contributed by atoms with E-state index in [0.717, 1.165) is 16.4 Å². The van der Waals surface area contributed by atoms with Gasteiger partial charge in [0.2, 0.25) is 5.91 Å². The molecule has 1 heterocycles. The largest absolute Gasteiger partial charge is 0.326 e. The summed E-state index contributed by atoms with van der Waals surface area (Å²) in [5, 5.41) is 11.9. The Labute approximate surface area is 135 Å². The molecule has 1 N–H and O–H groups in total. The van der Waals surface area contributed by atoms with E-state index in [9.17, 15) is 4.79 Å². The van der Waals surface area contributed by atoms with Crippen molar-refractivity contribution in [2.75, 3.05) is 11.1 Å². The highest BCUT2D eigenvalue weighted by Crippen LogP contribution is 2.23. The Hall–Kier alpha value is -1.82. The molecular formula is C16H22N4OS. The zero-order valence-corrected chi connectivity index (χ0v) is 14.3. The molecule has 22 heavy (non-hydrogen) atoms. The fourth-order valence-electron chi connectivity index (χ4n) is 1.94. The molecule has 0 aliphatic carbocycles. The lowest BCUT2D eigenvalue weighted by Gasteiger charge is -2.21. The summed E-state index contributed by atoms with van der Waals surface area (Å²) in [6, 6.07) is 7.77. The molecule has 0 bridgehead atoms. The number of amides is 1. The number of aromatic nitrogens is 3. The van der Waals surface area contributed by atoms with Crippen molar-refractivity contribution in [3.63, 3.8) is 0 Å². The van der Waals surface area contributed by atoms with Crippen LogP contribution in [0.1, 0.15) is 32.8 Å². The van der Waals surface area contributed by atoms with Gasteiger partial charge in [-0.1, -0.05) is 30.0 Å². The molecule has 2 aromatic rings. The average Bonchev–Trinajstić information content (AvgIpc) is 2.90. The molecule has 0 saturated carbocycles. The molecule has 5 nitrogen and oxygen atoms in total. The fourth-order valence-corrected chi connectivity index (χ4v) is 2.98. The molecule has 0 fully saturated rings. The molecule has 0 aliphatic rings. The number of anilines is 1. The van der Waals surface area contributed by atoms with E-state index in [1.807, 2.05) is 35.8 Å². The molecule has 0 spiro atoms. The van der Waals surface area contributed by atoms with E-state index < -0.39 is 0 Å². The van der Waals surface area contributed by atoms with Crippen molar-refractivity contribution in [2.45, 2.75) is 44.8 Å². The van der Waals surface area contributed by atoms with E-state index in [1.54, 1.807) is 18.1 Å². The average molecular weight is 318 g/mol. The molecule has 0 saturated heterocycles. The highest BCUT2D eigenvalue weighted by Gasteiger charge is 2.18. The molecule has 1 aromatic heterocycles. The predicted octanol–water partition coefficient (Wildman–Crippen LogP) is 3.46. The van der Waals surface area contributed by atoms with Gasteiger partial charge in [0.25, 0.3) is 0 Å². The zero-order chi connectivity index (χ0) is 16.2. The maximum absolute atomic E-state index is 12.0. The predicted molar refractivity (Wildman–Crippen MR) is 90.2 cm³/mol. The zero-order valence-electron chi connectivity index (χ0n) is 13.5. The minimum Gasteiger partial charge on any atom is -0.326 e. The van der Waals surface area contributed by atoms with Gasteiger partial charge in [0.05, 0.1) is 0 Å². The van der Waals surface area contributed by atoms with Crippen LogP contribution in [0.25, 0.3) is 0 Å². The van der Waals surface area contributed by atoms with Gasteiger partial charge in [-0.2, -0.15) is 0 Å². The molecular weight excluding hydrogens is 296 g/mol. The summed E-state index contributed by atoms with van der Waals surface area (Å²) in [5.41, 5.74) is 1.88. The summed E-state index contributed by atoms with van der Waals surface area (Å²) in [6.45, 7) is 8.29. The number of hydrogen-bond acceptors (Lipinski definition) is 4. The Morgan fingerprint density at radius 3 is 2.73 bits per heavy atom. The van der Waals surface area contributed by atoms with Crippen LogP contribution in [-0.4, -0.2) is 26.4 Å². The van der Waals surface area contributed by atoms with Crippen LogP contribution in [0, 0.1) is 6.92 Å². The quantitative estimate of drug-likeness (QED) is 0.858. The first-order chi connectivity index (χ1) is 10.4. The topological polar surface area (TPSA) is 59.8 Å². The van der Waals surface area contributed by atoms with Gasteiger partial charge < -0.3 is 9.88 Å². The number of carbonyl (C=O) groups is 1. The molecule has 0 atom stereocenters. The number of hydrogen-bond donors (Lipinski definition) is 1. The van der Waals surface area contributed by atoms with Crippen LogP contribution in [-0.2, 0) is 10.3 Å². The Morgan fingerprint density at radius 1 is 1.32 bits per heavy atom. The summed E-state index contributed by atoms with van der Waals surface area (Å²) >= 11 is 1.55. The first-order valence-corrected chi connectivity index (χ1v) is 8.25. The molecule has 0 aliphatic heterocycles. The maximum atomic E-state index is 12.0. The number of thioether (sulfide) groups is 1. The van der Waals surface area contributed by atoms with Crippen LogP contribution >= 0.6 is 11.8 Å². The third-order valence-electron chi connectivity index (χ3n) is 3.22. The second kappa shape index (κ2) is 6.96. The smallest absolute Gasteiger partial charge is 0.225 e. The van der Waals surface area contributed by atoms with E-state index in [2.05, 4.69) is 36.3 Å². The van der Waals surface area contributed by atoms with Crippen LogP contribution < -0.4 is 5.32 Å². The Balaban J connectivity index is 1.86. The van der Waals surface area contributed by atoms with E-state index in [0.29, 0.717) is 12.2 Å². The summed E-state index contributed by atoms with van der Waals surface area (Å²) in [5.74, 6) is 0.690. The summed E-state index contributed by atoms with van der Waals surface area (Å²) in [4.78, 5) is 12.0. The monoisotopic (exact) mass is 318 g/mol. The number of nitrogens with one attached hydrogen (secondary N) is 1. The standard InChI is InChI=1S/C16H22N4OS/c1-12-7-5-6-8-13(12)18-14(21)9-10-22-15-19-17-11-20(15)16(2,3)4/h5-8,11H,9-10H2,1-4H3,(H,18,21). The third-order valence-corrected chi connectivity index (χ3v) is 4.16. The van der Waals surface area contributed by atoms with Crippen molar-refractivity contribution in [2.24, 2.45) is 0 Å². The number of benzene rings is 1. The number of nitrogens with zero attached hydrogens (tertiary/aromatic N) is 3. The normalized spacial score (nSPS) is 11.5. The highest BCUT2D eigenvalue weighted by molar-refractivity contribution is 7.99. The van der Waals surface area contributed by atoms with Gasteiger partial charge >= 0.3 is 0 Å². The van der Waals surface area contributed by atoms with Gasteiger partial charge in [0.15, 0.2) is 5.16 Å². The minimum absolute atomic E-state index is 0.0172. The van der Waals surface area contributed by atoms with Gasteiger partial charge in [-0.3, -0.25) is 4.79 Å². The van der Waals surface area contributed by atoms with Crippen molar-refractivity contribution in [1.82, 2.24) is 14.8 Å². The van der Waals surface area contributed by atoms with Gasteiger partial charge in [0, 0.05) is 23.4 Å². The Bertz CT molecular complexity index is 646. The van der Waals surface area contributed by atoms with Gasteiger partial charge in [-0.15, -0.1) is 10.2 Å². The summed E-state index contributed by atoms with van der Waals surface area (Å²) in [6.07, 6.45) is 2.17. The second-order valence-corrected chi connectivity index (χ2v) is 7.18. The summed E-state index contributed by atoms with van der Waals surface area (Å²) < 4.78 is 2.02. The Kier molecular flexibility index (Phi) is 5.24. The van der Waals surface area contributed by atoms with Gasteiger partial charge in [-0.05, 0) is 39.3 Å². The van der Waals surface area contributed by atoms with Crippen molar-refractivity contribution >= 4 is 23.4 Å². The lowest BCUT2D eigenvalue weighted by Crippen LogP contribution is -2.22. The van der Waals surface area contributed by atoms with Crippen molar-refractivity contribution in [3.8, 4) is 0 Å². The number of para-hydroxylation sites is 1. The molecule has 1 amide bonds. The number of carbonyl (C=O) groups excluding carboxylic acids is 1. The second-order valence-electron chi connectivity index (χ2n) is 6.12. The van der Waals surface area contributed by atoms with Gasteiger partial charge in [-0.25, -0.2) is 0 Å². The summed E-state index contributed by atoms with van der Waals surface area (Å²) in [7, 11) is 0. The first kappa shape index (κ1) is 16.5. The maximum Gasteiger partial charge on any atom is 0.225 e. The molecule has 118 valence electrons. The lowest BCUT2D eigenvalue weighted by molar-refractivity contribution is -0.115. The van der Waals surface area contributed by atoms with Crippen molar-refractivity contribution in [1.29, 1.82) is 0 Å². The molecule has 0 radical (unpaired) electrons. The Morgan fingerprint density at radius 2 is 2.05 bits per heavy atom. The van der Waals surface area contributed by atoms with E-state index in [4.69, 9.17) is 0 Å².